The third-order valence-electron chi connectivity index (χ3n) is 3.05. The summed E-state index contributed by atoms with van der Waals surface area (Å²) in [6, 6.07) is 9.59. The van der Waals surface area contributed by atoms with Gasteiger partial charge in [0.05, 0.1) is 0 Å². The lowest BCUT2D eigenvalue weighted by Gasteiger charge is -2.19. The molecule has 104 valence electrons. The Morgan fingerprint density at radius 1 is 1.20 bits per heavy atom. The van der Waals surface area contributed by atoms with Crippen molar-refractivity contribution in [3.8, 4) is 0 Å². The maximum Gasteiger partial charge on any atom is 0.245 e. The molecule has 0 saturated heterocycles. The molecule has 0 spiro atoms. The van der Waals surface area contributed by atoms with Crippen LogP contribution in [0.15, 0.2) is 47.3 Å². The van der Waals surface area contributed by atoms with Gasteiger partial charge < -0.3 is 0 Å². The molecule has 0 radical (unpaired) electrons. The van der Waals surface area contributed by atoms with E-state index in [1.165, 1.54) is 0 Å². The highest BCUT2D eigenvalue weighted by Gasteiger charge is 2.19. The monoisotopic (exact) mass is 333 g/mol. The zero-order valence-electron chi connectivity index (χ0n) is 11.9. The minimum Gasteiger partial charge on any atom is -0.285 e. The summed E-state index contributed by atoms with van der Waals surface area (Å²) in [5.41, 5.74) is 1.59. The molecule has 2 aromatic rings. The molecule has 0 amide bonds. The van der Waals surface area contributed by atoms with Crippen molar-refractivity contribution < 1.29 is 9.36 Å². The molecule has 20 heavy (non-hydrogen) atoms. The van der Waals surface area contributed by atoms with Crippen LogP contribution in [-0.2, 0) is 12.0 Å². The minimum atomic E-state index is -0.0135. The van der Waals surface area contributed by atoms with Gasteiger partial charge in [-0.25, -0.2) is 4.98 Å². The van der Waals surface area contributed by atoms with Crippen LogP contribution in [0.25, 0.3) is 0 Å². The fraction of sp³-hybridized carbons (Fsp3) is 0.312. The van der Waals surface area contributed by atoms with Crippen LogP contribution in [0, 0.1) is 0 Å². The normalized spacial score (nSPS) is 11.4. The highest BCUT2D eigenvalue weighted by atomic mass is 79.9. The standard InChI is InChI=1S/C16H18BrN2O/c1-16(2,3)12-9-13(18-15(17)10-12)14(20)11-19-7-5-4-6-8-19/h4-10H,11H2,1-3H3/q+1. The molecule has 0 saturated carbocycles. The largest absolute Gasteiger partial charge is 0.285 e. The second kappa shape index (κ2) is 5.83. The van der Waals surface area contributed by atoms with Crippen LogP contribution in [0.3, 0.4) is 0 Å². The Bertz CT molecular complexity index is 618. The summed E-state index contributed by atoms with van der Waals surface area (Å²) in [5.74, 6) is 0.00741. The maximum absolute atomic E-state index is 12.3. The fourth-order valence-corrected chi connectivity index (χ4v) is 2.30. The molecule has 0 aliphatic rings. The van der Waals surface area contributed by atoms with E-state index in [1.807, 2.05) is 47.3 Å². The average Bonchev–Trinajstić information content (AvgIpc) is 2.38. The number of rotatable bonds is 3. The van der Waals surface area contributed by atoms with Crippen molar-refractivity contribution in [2.24, 2.45) is 0 Å². The Balaban J connectivity index is 2.29. The van der Waals surface area contributed by atoms with Gasteiger partial charge in [0.2, 0.25) is 12.3 Å². The third-order valence-corrected chi connectivity index (χ3v) is 3.46. The summed E-state index contributed by atoms with van der Waals surface area (Å²) in [4.78, 5) is 16.6. The predicted octanol–water partition coefficient (Wildman–Crippen LogP) is 3.31. The Labute approximate surface area is 127 Å². The molecule has 0 aromatic carbocycles. The van der Waals surface area contributed by atoms with E-state index in [2.05, 4.69) is 41.7 Å². The number of halogens is 1. The molecule has 0 aliphatic heterocycles. The average molecular weight is 334 g/mol. The van der Waals surface area contributed by atoms with Crippen molar-refractivity contribution in [3.63, 3.8) is 0 Å². The Morgan fingerprint density at radius 2 is 1.85 bits per heavy atom. The van der Waals surface area contributed by atoms with E-state index in [9.17, 15) is 4.79 Å². The first-order valence-corrected chi connectivity index (χ1v) is 7.31. The van der Waals surface area contributed by atoms with Crippen molar-refractivity contribution in [1.29, 1.82) is 0 Å². The van der Waals surface area contributed by atoms with Crippen LogP contribution in [0.2, 0.25) is 0 Å². The topological polar surface area (TPSA) is 33.8 Å². The number of aromatic nitrogens is 2. The van der Waals surface area contributed by atoms with Crippen LogP contribution >= 0.6 is 15.9 Å². The van der Waals surface area contributed by atoms with Crippen molar-refractivity contribution in [2.75, 3.05) is 0 Å². The van der Waals surface area contributed by atoms with Crippen molar-refractivity contribution in [3.05, 3.63) is 58.6 Å². The lowest BCUT2D eigenvalue weighted by molar-refractivity contribution is -0.683. The SMILES string of the molecule is CC(C)(C)c1cc(Br)nc(C(=O)C[n+]2ccccc2)c1. The molecule has 0 aliphatic carbocycles. The second-order valence-corrected chi connectivity index (χ2v) is 6.60. The molecule has 0 atom stereocenters. The molecule has 2 aromatic heterocycles. The Kier molecular flexibility index (Phi) is 4.33. The van der Waals surface area contributed by atoms with Crippen molar-refractivity contribution >= 4 is 21.7 Å². The van der Waals surface area contributed by atoms with Crippen molar-refractivity contribution in [1.82, 2.24) is 4.98 Å². The van der Waals surface area contributed by atoms with Gasteiger partial charge in [-0.15, -0.1) is 0 Å². The van der Waals surface area contributed by atoms with Crippen molar-refractivity contribution in [2.45, 2.75) is 32.7 Å². The summed E-state index contributed by atoms with van der Waals surface area (Å²) in [5, 5.41) is 0. The van der Waals surface area contributed by atoms with Gasteiger partial charge in [-0.3, -0.25) is 4.79 Å². The van der Waals surface area contributed by atoms with Gasteiger partial charge in [0.1, 0.15) is 10.3 Å². The summed E-state index contributed by atoms with van der Waals surface area (Å²) in [6.07, 6.45) is 3.75. The number of ketones is 1. The van der Waals surface area contributed by atoms with E-state index in [0.29, 0.717) is 16.8 Å². The van der Waals surface area contributed by atoms with E-state index in [1.54, 1.807) is 0 Å². The summed E-state index contributed by atoms with van der Waals surface area (Å²) >= 11 is 3.39. The summed E-state index contributed by atoms with van der Waals surface area (Å²) in [6.45, 7) is 6.66. The predicted molar refractivity (Wildman–Crippen MR) is 81.6 cm³/mol. The van der Waals surface area contributed by atoms with E-state index in [0.717, 1.165) is 5.56 Å². The highest BCUT2D eigenvalue weighted by molar-refractivity contribution is 9.10. The van der Waals surface area contributed by atoms with E-state index in [4.69, 9.17) is 0 Å². The molecule has 3 nitrogen and oxygen atoms in total. The second-order valence-electron chi connectivity index (χ2n) is 5.78. The quantitative estimate of drug-likeness (QED) is 0.490. The van der Waals surface area contributed by atoms with Crippen LogP contribution in [0.1, 0.15) is 36.8 Å². The maximum atomic E-state index is 12.3. The van der Waals surface area contributed by atoms with Gasteiger partial charge >= 0.3 is 0 Å². The summed E-state index contributed by atoms with van der Waals surface area (Å²) < 4.78 is 2.55. The van der Waals surface area contributed by atoms with Gasteiger partial charge in [0.25, 0.3) is 0 Å². The zero-order valence-corrected chi connectivity index (χ0v) is 13.5. The number of hydrogen-bond acceptors (Lipinski definition) is 2. The number of hydrogen-bond donors (Lipinski definition) is 0. The highest BCUT2D eigenvalue weighted by Crippen LogP contribution is 2.25. The smallest absolute Gasteiger partial charge is 0.245 e. The van der Waals surface area contributed by atoms with E-state index >= 15 is 0 Å². The lowest BCUT2D eigenvalue weighted by Crippen LogP contribution is -2.37. The zero-order chi connectivity index (χ0) is 14.8. The molecule has 0 N–H and O–H groups in total. The number of carbonyl (C=O) groups excluding carboxylic acids is 1. The van der Waals surface area contributed by atoms with E-state index < -0.39 is 0 Å². The van der Waals surface area contributed by atoms with Gasteiger partial charge in [-0.1, -0.05) is 26.8 Å². The van der Waals surface area contributed by atoms with E-state index in [-0.39, 0.29) is 11.2 Å². The third kappa shape index (κ3) is 3.73. The number of nitrogens with zero attached hydrogens (tertiary/aromatic N) is 2. The molecule has 4 heteroatoms. The first-order valence-electron chi connectivity index (χ1n) is 6.51. The number of carbonyl (C=O) groups is 1. The van der Waals surface area contributed by atoms with Crippen LogP contribution < -0.4 is 4.57 Å². The molecule has 2 heterocycles. The molecule has 0 unspecified atom stereocenters. The number of Topliss-reactive ketones (excluding diaryl/α,β-unsaturated/α-hetero) is 1. The molecule has 0 fully saturated rings. The number of pyridine rings is 2. The van der Waals surface area contributed by atoms with Crippen LogP contribution in [0.5, 0.6) is 0 Å². The van der Waals surface area contributed by atoms with Gasteiger partial charge in [0, 0.05) is 12.1 Å². The fourth-order valence-electron chi connectivity index (χ4n) is 1.86. The summed E-state index contributed by atoms with van der Waals surface area (Å²) in [7, 11) is 0. The van der Waals surface area contributed by atoms with Gasteiger partial charge in [-0.2, -0.15) is 4.57 Å². The first kappa shape index (κ1) is 14.9. The molecular formula is C16H18BrN2O+. The molecule has 0 bridgehead atoms. The van der Waals surface area contributed by atoms with Gasteiger partial charge in [0.15, 0.2) is 12.4 Å². The minimum absolute atomic E-state index is 0.00741. The van der Waals surface area contributed by atoms with Crippen LogP contribution in [-0.4, -0.2) is 10.8 Å². The van der Waals surface area contributed by atoms with Gasteiger partial charge in [-0.05, 0) is 39.0 Å². The molecule has 2 rings (SSSR count). The molecular weight excluding hydrogens is 316 g/mol. The van der Waals surface area contributed by atoms with Crippen LogP contribution in [0.4, 0.5) is 0 Å². The Morgan fingerprint density at radius 3 is 2.45 bits per heavy atom. The Hall–Kier alpha value is -1.55. The lowest BCUT2D eigenvalue weighted by atomic mass is 9.87. The first-order chi connectivity index (χ1) is 9.36.